The number of aldehydes is 1. The highest BCUT2D eigenvalue weighted by atomic mass is 35.5. The molecule has 280 valence electrons. The van der Waals surface area contributed by atoms with E-state index in [4.69, 9.17) is 42.5 Å². The number of amides is 1. The second-order valence-electron chi connectivity index (χ2n) is 12.4. The first-order valence-corrected chi connectivity index (χ1v) is 19.4. The fourth-order valence-electron chi connectivity index (χ4n) is 6.17. The molecule has 1 aliphatic carbocycles. The smallest absolute Gasteiger partial charge is 0.407 e. The van der Waals surface area contributed by atoms with Crippen molar-refractivity contribution in [3.8, 4) is 39.8 Å². The minimum absolute atomic E-state index is 0.0103. The summed E-state index contributed by atoms with van der Waals surface area (Å²) >= 11 is 13.6. The SMILES string of the molecule is CS(=O)(=O)c1cncc(COc2nc(OC3CCc4c(-c5cccc(-c6ccc(OCCN(CCO)C(=O)O)cc6)c5Cl)cccc43)c(Cl)cc2C=O)c1. The number of carbonyl (C=O) groups is 2. The van der Waals surface area contributed by atoms with Crippen molar-refractivity contribution >= 4 is 45.4 Å². The molecule has 0 saturated carbocycles. The molecular weight excluding hydrogens is 757 g/mol. The Morgan fingerprint density at radius 2 is 1.70 bits per heavy atom. The predicted octanol–water partition coefficient (Wildman–Crippen LogP) is 7.33. The molecule has 2 N–H and O–H groups in total. The minimum atomic E-state index is -3.48. The van der Waals surface area contributed by atoms with Gasteiger partial charge < -0.3 is 29.3 Å². The summed E-state index contributed by atoms with van der Waals surface area (Å²) in [5.74, 6) is 0.630. The number of benzene rings is 3. The third kappa shape index (κ3) is 8.77. The van der Waals surface area contributed by atoms with Crippen molar-refractivity contribution in [3.63, 3.8) is 0 Å². The molecule has 0 aliphatic heterocycles. The Morgan fingerprint density at radius 3 is 2.43 bits per heavy atom. The van der Waals surface area contributed by atoms with Crippen molar-refractivity contribution in [1.82, 2.24) is 14.9 Å². The lowest BCUT2D eigenvalue weighted by atomic mass is 9.94. The number of aliphatic hydroxyl groups is 1. The van der Waals surface area contributed by atoms with Crippen molar-refractivity contribution in [3.05, 3.63) is 117 Å². The number of halogens is 2. The van der Waals surface area contributed by atoms with Gasteiger partial charge in [0.15, 0.2) is 16.1 Å². The summed E-state index contributed by atoms with van der Waals surface area (Å²) in [7, 11) is -3.48. The number of sulfone groups is 1. The molecule has 0 bridgehead atoms. The molecule has 2 aromatic heterocycles. The Labute approximate surface area is 321 Å². The molecule has 1 amide bonds. The van der Waals surface area contributed by atoms with Gasteiger partial charge in [0.25, 0.3) is 0 Å². The van der Waals surface area contributed by atoms with Crippen LogP contribution in [-0.4, -0.2) is 78.4 Å². The molecule has 3 aromatic carbocycles. The van der Waals surface area contributed by atoms with Gasteiger partial charge in [0.2, 0.25) is 11.8 Å². The maximum Gasteiger partial charge on any atom is 0.407 e. The van der Waals surface area contributed by atoms with E-state index in [2.05, 4.69) is 9.97 Å². The van der Waals surface area contributed by atoms with E-state index in [0.717, 1.165) is 44.5 Å². The molecule has 1 unspecified atom stereocenters. The lowest BCUT2D eigenvalue weighted by Gasteiger charge is -2.18. The molecule has 0 saturated heterocycles. The van der Waals surface area contributed by atoms with Crippen LogP contribution in [0.5, 0.6) is 17.5 Å². The summed E-state index contributed by atoms with van der Waals surface area (Å²) in [4.78, 5) is 32.7. The third-order valence-corrected chi connectivity index (χ3v) is 10.6. The Hall–Kier alpha value is -5.21. The van der Waals surface area contributed by atoms with E-state index >= 15 is 0 Å². The van der Waals surface area contributed by atoms with Crippen LogP contribution in [0.15, 0.2) is 90.1 Å². The lowest BCUT2D eigenvalue weighted by molar-refractivity contribution is 0.111. The summed E-state index contributed by atoms with van der Waals surface area (Å²) in [5, 5.41) is 19.0. The van der Waals surface area contributed by atoms with Crippen LogP contribution in [-0.2, 0) is 22.9 Å². The average Bonchev–Trinajstić information content (AvgIpc) is 3.57. The van der Waals surface area contributed by atoms with Crippen molar-refractivity contribution in [2.45, 2.75) is 30.4 Å². The van der Waals surface area contributed by atoms with Crippen molar-refractivity contribution in [2.24, 2.45) is 0 Å². The number of hydrogen-bond acceptors (Lipinski definition) is 10. The number of carbonyl (C=O) groups excluding carboxylic acids is 1. The second-order valence-corrected chi connectivity index (χ2v) is 15.2. The fourth-order valence-corrected chi connectivity index (χ4v) is 7.33. The Balaban J connectivity index is 1.19. The van der Waals surface area contributed by atoms with Crippen molar-refractivity contribution < 1.29 is 42.4 Å². The van der Waals surface area contributed by atoms with E-state index < -0.39 is 22.0 Å². The van der Waals surface area contributed by atoms with Crippen LogP contribution in [0, 0.1) is 0 Å². The summed E-state index contributed by atoms with van der Waals surface area (Å²) in [5.41, 5.74) is 6.08. The van der Waals surface area contributed by atoms with Crippen molar-refractivity contribution in [1.29, 1.82) is 0 Å². The molecule has 0 radical (unpaired) electrons. The number of nitrogens with zero attached hydrogens (tertiary/aromatic N) is 3. The molecule has 0 fully saturated rings. The van der Waals surface area contributed by atoms with Gasteiger partial charge in [0.05, 0.1) is 28.6 Å². The van der Waals surface area contributed by atoms with E-state index in [1.807, 2.05) is 48.5 Å². The molecule has 1 atom stereocenters. The number of hydrogen-bond donors (Lipinski definition) is 2. The van der Waals surface area contributed by atoms with Gasteiger partial charge >= 0.3 is 6.09 Å². The summed E-state index contributed by atoms with van der Waals surface area (Å²) in [6, 6.07) is 22.0. The molecule has 5 aromatic rings. The van der Waals surface area contributed by atoms with Gasteiger partial charge in [-0.2, -0.15) is 4.98 Å². The zero-order valence-corrected chi connectivity index (χ0v) is 31.3. The third-order valence-electron chi connectivity index (χ3n) is 8.83. The average molecular weight is 793 g/mol. The topological polar surface area (TPSA) is 165 Å². The maximum atomic E-state index is 12.0. The number of rotatable bonds is 15. The van der Waals surface area contributed by atoms with Gasteiger partial charge in [-0.05, 0) is 59.4 Å². The first-order chi connectivity index (χ1) is 26.0. The van der Waals surface area contributed by atoms with E-state index in [9.17, 15) is 23.1 Å². The number of carboxylic acid groups (broad SMARTS) is 1. The first-order valence-electron chi connectivity index (χ1n) is 16.8. The largest absolute Gasteiger partial charge is 0.492 e. The summed E-state index contributed by atoms with van der Waals surface area (Å²) in [6.45, 7) is -0.103. The first kappa shape index (κ1) is 38.5. The summed E-state index contributed by atoms with van der Waals surface area (Å²) in [6.07, 6.45) is 4.16. The standard InChI is InChI=1S/C39H35Cl2N3O9S/c1-54(49,50)28-18-24(20-42-21-28)23-52-37-26(22-46)19-34(40)38(43-37)53-35-13-12-31-30(5-3-6-32(31)35)33-7-2-4-29(36(33)41)25-8-10-27(11-9-25)51-17-15-44(14-16-45)39(47)48/h2-11,18-22,35,45H,12-17,23H2,1H3,(H,47,48). The normalized spacial score (nSPS) is 13.6. The summed E-state index contributed by atoms with van der Waals surface area (Å²) < 4.78 is 41.9. The van der Waals surface area contributed by atoms with Crippen LogP contribution in [0.25, 0.3) is 22.3 Å². The monoisotopic (exact) mass is 791 g/mol. The van der Waals surface area contributed by atoms with Crippen LogP contribution < -0.4 is 14.2 Å². The van der Waals surface area contributed by atoms with Gasteiger partial charge in [-0.25, -0.2) is 13.2 Å². The van der Waals surface area contributed by atoms with Gasteiger partial charge in [-0.3, -0.25) is 9.78 Å². The Morgan fingerprint density at radius 1 is 0.963 bits per heavy atom. The Bertz CT molecular complexity index is 2290. The number of fused-ring (bicyclic) bond motifs is 1. The quantitative estimate of drug-likeness (QED) is 0.102. The lowest BCUT2D eigenvalue weighted by Crippen LogP contribution is -2.35. The molecule has 54 heavy (non-hydrogen) atoms. The van der Waals surface area contributed by atoms with Gasteiger partial charge in [-0.15, -0.1) is 0 Å². The number of ether oxygens (including phenoxy) is 3. The molecule has 2 heterocycles. The van der Waals surface area contributed by atoms with Gasteiger partial charge in [0, 0.05) is 41.9 Å². The zero-order valence-electron chi connectivity index (χ0n) is 28.9. The van der Waals surface area contributed by atoms with E-state index in [1.54, 1.807) is 12.1 Å². The van der Waals surface area contributed by atoms with E-state index in [1.165, 1.54) is 24.5 Å². The molecule has 6 rings (SSSR count). The number of aliphatic hydroxyl groups excluding tert-OH is 1. The maximum absolute atomic E-state index is 12.0. The number of aromatic nitrogens is 2. The molecule has 12 nitrogen and oxygen atoms in total. The van der Waals surface area contributed by atoms with Gasteiger partial charge in [-0.1, -0.05) is 71.7 Å². The minimum Gasteiger partial charge on any atom is -0.492 e. The van der Waals surface area contributed by atoms with Crippen LogP contribution in [0.2, 0.25) is 10.0 Å². The van der Waals surface area contributed by atoms with E-state index in [-0.39, 0.29) is 60.2 Å². The second kappa shape index (κ2) is 16.9. The van der Waals surface area contributed by atoms with Crippen LogP contribution in [0.4, 0.5) is 4.79 Å². The molecule has 1 aliphatic rings. The Kier molecular flexibility index (Phi) is 12.0. The van der Waals surface area contributed by atoms with E-state index in [0.29, 0.717) is 35.5 Å². The highest BCUT2D eigenvalue weighted by Gasteiger charge is 2.29. The molecule has 0 spiro atoms. The zero-order chi connectivity index (χ0) is 38.4. The predicted molar refractivity (Wildman–Crippen MR) is 203 cm³/mol. The van der Waals surface area contributed by atoms with Crippen LogP contribution in [0.3, 0.4) is 0 Å². The van der Waals surface area contributed by atoms with Crippen LogP contribution in [0.1, 0.15) is 39.6 Å². The fraction of sp³-hybridized carbons (Fsp3) is 0.231. The highest BCUT2D eigenvalue weighted by Crippen LogP contribution is 2.44. The van der Waals surface area contributed by atoms with Gasteiger partial charge in [0.1, 0.15) is 30.1 Å². The molecular formula is C39H35Cl2N3O9S. The molecule has 15 heteroatoms. The number of pyridine rings is 2. The van der Waals surface area contributed by atoms with Crippen molar-refractivity contribution in [2.75, 3.05) is 32.6 Å². The highest BCUT2D eigenvalue weighted by molar-refractivity contribution is 7.90. The van der Waals surface area contributed by atoms with Crippen LogP contribution >= 0.6 is 23.2 Å².